The molecule has 70 valence electrons. The fourth-order valence-electron chi connectivity index (χ4n) is 2.05. The summed E-state index contributed by atoms with van der Waals surface area (Å²) in [6.45, 7) is 7.31. The van der Waals surface area contributed by atoms with E-state index < -0.39 is 0 Å². The second-order valence-corrected chi connectivity index (χ2v) is 3.80. The highest BCUT2D eigenvalue weighted by Gasteiger charge is 2.30. The number of carbonyl (C=O) groups is 1. The van der Waals surface area contributed by atoms with Gasteiger partial charge in [-0.1, -0.05) is 20.8 Å². The van der Waals surface area contributed by atoms with Gasteiger partial charge in [0.1, 0.15) is 0 Å². The van der Waals surface area contributed by atoms with Crippen LogP contribution in [-0.2, 0) is 4.79 Å². The minimum Gasteiger partial charge on any atom is -0.339 e. The van der Waals surface area contributed by atoms with Gasteiger partial charge in [0.15, 0.2) is 0 Å². The molecule has 0 unspecified atom stereocenters. The summed E-state index contributed by atoms with van der Waals surface area (Å²) >= 11 is 0. The molecule has 1 aliphatic heterocycles. The van der Waals surface area contributed by atoms with Crippen molar-refractivity contribution in [2.75, 3.05) is 6.54 Å². The zero-order valence-corrected chi connectivity index (χ0v) is 8.34. The molecule has 0 aromatic carbocycles. The first kappa shape index (κ1) is 9.56. The lowest BCUT2D eigenvalue weighted by molar-refractivity contribution is -0.131. The number of hydrogen-bond donors (Lipinski definition) is 0. The SMILES string of the molecule is CCC(=O)N1C[C@@H](C)C[C@@H]1CC. The smallest absolute Gasteiger partial charge is 0.222 e. The minimum atomic E-state index is 0.325. The van der Waals surface area contributed by atoms with E-state index in [-0.39, 0.29) is 0 Å². The lowest BCUT2D eigenvalue weighted by atomic mass is 10.1. The van der Waals surface area contributed by atoms with Crippen LogP contribution in [0.4, 0.5) is 0 Å². The van der Waals surface area contributed by atoms with E-state index in [4.69, 9.17) is 0 Å². The average molecular weight is 169 g/mol. The maximum atomic E-state index is 11.5. The number of rotatable bonds is 2. The molecule has 1 heterocycles. The molecule has 2 heteroatoms. The Morgan fingerprint density at radius 2 is 2.17 bits per heavy atom. The van der Waals surface area contributed by atoms with Crippen LogP contribution in [0.1, 0.15) is 40.0 Å². The Hall–Kier alpha value is -0.530. The molecule has 0 aliphatic carbocycles. The van der Waals surface area contributed by atoms with Gasteiger partial charge in [0, 0.05) is 19.0 Å². The summed E-state index contributed by atoms with van der Waals surface area (Å²) < 4.78 is 0. The molecular weight excluding hydrogens is 150 g/mol. The second-order valence-electron chi connectivity index (χ2n) is 3.80. The number of hydrogen-bond acceptors (Lipinski definition) is 1. The first-order valence-corrected chi connectivity index (χ1v) is 4.98. The standard InChI is InChI=1S/C10H19NO/c1-4-9-6-8(3)7-11(9)10(12)5-2/h8-9H,4-7H2,1-3H3/t8-,9-/m0/s1. The summed E-state index contributed by atoms with van der Waals surface area (Å²) in [7, 11) is 0. The third kappa shape index (κ3) is 1.79. The van der Waals surface area contributed by atoms with E-state index in [2.05, 4.69) is 18.7 Å². The van der Waals surface area contributed by atoms with Gasteiger partial charge in [-0.3, -0.25) is 4.79 Å². The van der Waals surface area contributed by atoms with Gasteiger partial charge in [-0.25, -0.2) is 0 Å². The highest BCUT2D eigenvalue weighted by Crippen LogP contribution is 2.25. The molecule has 0 bridgehead atoms. The van der Waals surface area contributed by atoms with Gasteiger partial charge in [-0.15, -0.1) is 0 Å². The Kier molecular flexibility index (Phi) is 3.12. The molecule has 2 nitrogen and oxygen atoms in total. The molecule has 1 fully saturated rings. The second kappa shape index (κ2) is 3.92. The number of carbonyl (C=O) groups excluding carboxylic acids is 1. The van der Waals surface area contributed by atoms with Gasteiger partial charge in [0.2, 0.25) is 5.91 Å². The lowest BCUT2D eigenvalue weighted by Crippen LogP contribution is -2.34. The highest BCUT2D eigenvalue weighted by molar-refractivity contribution is 5.76. The molecule has 0 saturated carbocycles. The number of amides is 1. The molecule has 0 N–H and O–H groups in total. The molecule has 0 spiro atoms. The Morgan fingerprint density at radius 1 is 1.50 bits per heavy atom. The average Bonchev–Trinajstić information content (AvgIpc) is 2.45. The molecule has 1 saturated heterocycles. The van der Waals surface area contributed by atoms with Crippen molar-refractivity contribution in [3.63, 3.8) is 0 Å². The summed E-state index contributed by atoms with van der Waals surface area (Å²) in [6, 6.07) is 0.521. The van der Waals surface area contributed by atoms with Crippen LogP contribution in [0, 0.1) is 5.92 Å². The van der Waals surface area contributed by atoms with Gasteiger partial charge in [0.25, 0.3) is 0 Å². The van der Waals surface area contributed by atoms with Crippen molar-refractivity contribution < 1.29 is 4.79 Å². The fourth-order valence-corrected chi connectivity index (χ4v) is 2.05. The van der Waals surface area contributed by atoms with E-state index in [1.165, 1.54) is 6.42 Å². The van der Waals surface area contributed by atoms with Crippen LogP contribution >= 0.6 is 0 Å². The van der Waals surface area contributed by atoms with Gasteiger partial charge >= 0.3 is 0 Å². The third-order valence-corrected chi connectivity index (χ3v) is 2.72. The zero-order chi connectivity index (χ0) is 9.14. The van der Waals surface area contributed by atoms with Gasteiger partial charge in [-0.2, -0.15) is 0 Å². The first-order chi connectivity index (χ1) is 5.69. The molecule has 0 aromatic heterocycles. The van der Waals surface area contributed by atoms with Crippen LogP contribution in [0.3, 0.4) is 0 Å². The molecule has 12 heavy (non-hydrogen) atoms. The van der Waals surface area contributed by atoms with Crippen molar-refractivity contribution >= 4 is 5.91 Å². The largest absolute Gasteiger partial charge is 0.339 e. The van der Waals surface area contributed by atoms with Crippen LogP contribution in [0.5, 0.6) is 0 Å². The highest BCUT2D eigenvalue weighted by atomic mass is 16.2. The van der Waals surface area contributed by atoms with Crippen molar-refractivity contribution in [2.24, 2.45) is 5.92 Å². The minimum absolute atomic E-state index is 0.325. The molecule has 1 aliphatic rings. The summed E-state index contributed by atoms with van der Waals surface area (Å²) in [6.07, 6.45) is 2.96. The van der Waals surface area contributed by atoms with E-state index >= 15 is 0 Å². The van der Waals surface area contributed by atoms with Crippen LogP contribution in [-0.4, -0.2) is 23.4 Å². The monoisotopic (exact) mass is 169 g/mol. The molecule has 0 radical (unpaired) electrons. The molecule has 2 atom stereocenters. The van der Waals surface area contributed by atoms with E-state index in [1.54, 1.807) is 0 Å². The maximum Gasteiger partial charge on any atom is 0.222 e. The van der Waals surface area contributed by atoms with E-state index in [0.717, 1.165) is 13.0 Å². The van der Waals surface area contributed by atoms with Crippen molar-refractivity contribution in [1.29, 1.82) is 0 Å². The van der Waals surface area contributed by atoms with Crippen LogP contribution in [0.15, 0.2) is 0 Å². The predicted molar refractivity (Wildman–Crippen MR) is 49.9 cm³/mol. The van der Waals surface area contributed by atoms with Gasteiger partial charge in [0.05, 0.1) is 0 Å². The van der Waals surface area contributed by atoms with E-state index in [0.29, 0.717) is 24.3 Å². The number of nitrogens with zero attached hydrogens (tertiary/aromatic N) is 1. The van der Waals surface area contributed by atoms with Crippen LogP contribution in [0.2, 0.25) is 0 Å². The molecule has 1 amide bonds. The summed E-state index contributed by atoms with van der Waals surface area (Å²) in [5, 5.41) is 0. The Bertz CT molecular complexity index is 167. The lowest BCUT2D eigenvalue weighted by Gasteiger charge is -2.22. The Balaban J connectivity index is 2.57. The zero-order valence-electron chi connectivity index (χ0n) is 8.34. The Morgan fingerprint density at radius 3 is 2.67 bits per heavy atom. The maximum absolute atomic E-state index is 11.5. The van der Waals surface area contributed by atoms with Crippen molar-refractivity contribution in [3.8, 4) is 0 Å². The van der Waals surface area contributed by atoms with Crippen LogP contribution in [0.25, 0.3) is 0 Å². The van der Waals surface area contributed by atoms with Crippen LogP contribution < -0.4 is 0 Å². The summed E-state index contributed by atoms with van der Waals surface area (Å²) in [5.41, 5.74) is 0. The quantitative estimate of drug-likeness (QED) is 0.619. The first-order valence-electron chi connectivity index (χ1n) is 4.98. The van der Waals surface area contributed by atoms with Crippen molar-refractivity contribution in [2.45, 2.75) is 46.1 Å². The molecule has 1 rings (SSSR count). The topological polar surface area (TPSA) is 20.3 Å². The van der Waals surface area contributed by atoms with E-state index in [9.17, 15) is 4.79 Å². The molecule has 0 aromatic rings. The predicted octanol–water partition coefficient (Wildman–Crippen LogP) is 2.04. The normalized spacial score (nSPS) is 29.4. The summed E-state index contributed by atoms with van der Waals surface area (Å²) in [4.78, 5) is 13.5. The number of likely N-dealkylation sites (tertiary alicyclic amines) is 1. The summed E-state index contributed by atoms with van der Waals surface area (Å²) in [5.74, 6) is 1.02. The van der Waals surface area contributed by atoms with Gasteiger partial charge < -0.3 is 4.90 Å². The van der Waals surface area contributed by atoms with Gasteiger partial charge in [-0.05, 0) is 18.8 Å². The third-order valence-electron chi connectivity index (χ3n) is 2.72. The van der Waals surface area contributed by atoms with Crippen molar-refractivity contribution in [3.05, 3.63) is 0 Å². The van der Waals surface area contributed by atoms with E-state index in [1.807, 2.05) is 6.92 Å². The molecular formula is C10H19NO. The fraction of sp³-hybridized carbons (Fsp3) is 0.900. The Labute approximate surface area is 74.9 Å². The van der Waals surface area contributed by atoms with Crippen molar-refractivity contribution in [1.82, 2.24) is 4.90 Å².